The molecule has 0 atom stereocenters. The van der Waals surface area contributed by atoms with Gasteiger partial charge in [0.15, 0.2) is 11.6 Å². The fourth-order valence-electron chi connectivity index (χ4n) is 2.46. The van der Waals surface area contributed by atoms with Gasteiger partial charge >= 0.3 is 0 Å². The van der Waals surface area contributed by atoms with Gasteiger partial charge in [0, 0.05) is 17.5 Å². The Hall–Kier alpha value is -2.08. The van der Waals surface area contributed by atoms with Crippen LogP contribution in [-0.2, 0) is 0 Å². The van der Waals surface area contributed by atoms with Crippen molar-refractivity contribution in [2.24, 2.45) is 0 Å². The highest BCUT2D eigenvalue weighted by Crippen LogP contribution is 2.44. The van der Waals surface area contributed by atoms with Crippen LogP contribution in [0, 0.1) is 0 Å². The monoisotopic (exact) mass is 344 g/mol. The minimum absolute atomic E-state index is 0.390. The molecule has 3 aromatic rings. The fraction of sp³-hybridized carbons (Fsp3) is 0.200. The Kier molecular flexibility index (Phi) is 2.85. The number of hydrogen-bond donors (Lipinski definition) is 1. The third-order valence-corrected chi connectivity index (χ3v) is 4.26. The lowest BCUT2D eigenvalue weighted by atomic mass is 10.1. The van der Waals surface area contributed by atoms with Crippen molar-refractivity contribution in [2.75, 3.05) is 5.73 Å². The van der Waals surface area contributed by atoms with E-state index in [-0.39, 0.29) is 0 Å². The fourth-order valence-corrected chi connectivity index (χ4v) is 3.04. The average Bonchev–Trinajstić information content (AvgIpc) is 3.12. The quantitative estimate of drug-likeness (QED) is 0.785. The Morgan fingerprint density at radius 2 is 2.00 bits per heavy atom. The van der Waals surface area contributed by atoms with Gasteiger partial charge < -0.3 is 10.3 Å². The molecule has 0 unspecified atom stereocenters. The molecule has 6 heteroatoms. The second kappa shape index (κ2) is 4.73. The first-order valence-corrected chi connectivity index (χ1v) is 7.58. The zero-order valence-electron chi connectivity index (χ0n) is 11.2. The van der Waals surface area contributed by atoms with E-state index in [1.807, 2.05) is 35.1 Å². The van der Waals surface area contributed by atoms with Crippen LogP contribution in [0.5, 0.6) is 0 Å². The predicted molar refractivity (Wildman–Crippen MR) is 83.1 cm³/mol. The SMILES string of the molecule is Nc1cc(-c2ccc(-n3ncc(Br)c3C3CC3)cc2)on1. The molecule has 5 nitrogen and oxygen atoms in total. The summed E-state index contributed by atoms with van der Waals surface area (Å²) < 4.78 is 8.25. The lowest BCUT2D eigenvalue weighted by Crippen LogP contribution is -2.01. The van der Waals surface area contributed by atoms with Gasteiger partial charge in [-0.1, -0.05) is 5.16 Å². The molecule has 0 saturated heterocycles. The summed E-state index contributed by atoms with van der Waals surface area (Å²) in [5.41, 5.74) is 8.82. The van der Waals surface area contributed by atoms with Crippen LogP contribution >= 0.6 is 15.9 Å². The third-order valence-electron chi connectivity index (χ3n) is 3.65. The van der Waals surface area contributed by atoms with Crippen LogP contribution in [-0.4, -0.2) is 14.9 Å². The highest BCUT2D eigenvalue weighted by molar-refractivity contribution is 9.10. The van der Waals surface area contributed by atoms with Crippen LogP contribution in [0.3, 0.4) is 0 Å². The summed E-state index contributed by atoms with van der Waals surface area (Å²) in [6.45, 7) is 0. The maximum Gasteiger partial charge on any atom is 0.169 e. The minimum atomic E-state index is 0.390. The van der Waals surface area contributed by atoms with Crippen LogP contribution in [0.25, 0.3) is 17.0 Å². The Morgan fingerprint density at radius 3 is 2.62 bits per heavy atom. The molecule has 0 amide bonds. The van der Waals surface area contributed by atoms with Gasteiger partial charge in [0.1, 0.15) is 0 Å². The second-order valence-corrected chi connectivity index (χ2v) is 6.08. The van der Waals surface area contributed by atoms with Crippen molar-refractivity contribution in [3.8, 4) is 17.0 Å². The molecule has 2 N–H and O–H groups in total. The van der Waals surface area contributed by atoms with Crippen molar-refractivity contribution in [3.05, 3.63) is 46.7 Å². The second-order valence-electron chi connectivity index (χ2n) is 5.23. The maximum atomic E-state index is 5.58. The van der Waals surface area contributed by atoms with Gasteiger partial charge in [0.25, 0.3) is 0 Å². The van der Waals surface area contributed by atoms with Crippen LogP contribution in [0.1, 0.15) is 24.5 Å². The summed E-state index contributed by atoms with van der Waals surface area (Å²) in [5, 5.41) is 8.17. The number of halogens is 1. The molecule has 1 aromatic carbocycles. The number of hydrogen-bond acceptors (Lipinski definition) is 4. The van der Waals surface area contributed by atoms with Crippen LogP contribution in [0.4, 0.5) is 5.82 Å². The predicted octanol–water partition coefficient (Wildman–Crippen LogP) is 3.75. The highest BCUT2D eigenvalue weighted by atomic mass is 79.9. The van der Waals surface area contributed by atoms with Gasteiger partial charge in [-0.3, -0.25) is 0 Å². The van der Waals surface area contributed by atoms with E-state index in [9.17, 15) is 0 Å². The van der Waals surface area contributed by atoms with E-state index < -0.39 is 0 Å². The normalized spacial score (nSPS) is 14.5. The van der Waals surface area contributed by atoms with Gasteiger partial charge in [-0.15, -0.1) is 0 Å². The molecule has 1 fully saturated rings. The van der Waals surface area contributed by atoms with Gasteiger partial charge in [0.05, 0.1) is 22.1 Å². The van der Waals surface area contributed by atoms with E-state index in [4.69, 9.17) is 10.3 Å². The van der Waals surface area contributed by atoms with E-state index in [1.165, 1.54) is 18.5 Å². The highest BCUT2D eigenvalue weighted by Gasteiger charge is 2.30. The largest absolute Gasteiger partial charge is 0.381 e. The van der Waals surface area contributed by atoms with E-state index in [1.54, 1.807) is 6.07 Å². The van der Waals surface area contributed by atoms with Crippen molar-refractivity contribution in [3.63, 3.8) is 0 Å². The molecular weight excluding hydrogens is 332 g/mol. The molecule has 2 heterocycles. The van der Waals surface area contributed by atoms with Crippen molar-refractivity contribution in [1.29, 1.82) is 0 Å². The number of nitrogens with two attached hydrogens (primary N) is 1. The molecule has 0 bridgehead atoms. The Labute approximate surface area is 129 Å². The molecular formula is C15H13BrN4O. The van der Waals surface area contributed by atoms with E-state index in [0.29, 0.717) is 17.5 Å². The standard InChI is InChI=1S/C15H13BrN4O/c16-12-8-18-20(15(12)10-1-2-10)11-5-3-9(4-6-11)13-7-14(17)19-21-13/h3-8,10H,1-2H2,(H2,17,19). The van der Waals surface area contributed by atoms with Crippen LogP contribution in [0.2, 0.25) is 0 Å². The lowest BCUT2D eigenvalue weighted by molar-refractivity contribution is 0.436. The van der Waals surface area contributed by atoms with E-state index in [2.05, 4.69) is 26.2 Å². The molecule has 0 spiro atoms. The number of aromatic nitrogens is 3. The summed E-state index contributed by atoms with van der Waals surface area (Å²) in [6, 6.07) is 9.75. The molecule has 106 valence electrons. The summed E-state index contributed by atoms with van der Waals surface area (Å²) >= 11 is 3.59. The van der Waals surface area contributed by atoms with E-state index in [0.717, 1.165) is 15.7 Å². The topological polar surface area (TPSA) is 69.9 Å². The molecule has 1 aliphatic carbocycles. The first-order chi connectivity index (χ1) is 10.2. The first kappa shape index (κ1) is 12.6. The first-order valence-electron chi connectivity index (χ1n) is 6.79. The number of benzene rings is 1. The van der Waals surface area contributed by atoms with Crippen LogP contribution < -0.4 is 5.73 Å². The summed E-state index contributed by atoms with van der Waals surface area (Å²) in [4.78, 5) is 0. The molecule has 21 heavy (non-hydrogen) atoms. The summed E-state index contributed by atoms with van der Waals surface area (Å²) in [7, 11) is 0. The van der Waals surface area contributed by atoms with Crippen LogP contribution in [0.15, 0.2) is 45.5 Å². The zero-order valence-corrected chi connectivity index (χ0v) is 12.7. The summed E-state index contributed by atoms with van der Waals surface area (Å²) in [6.07, 6.45) is 4.33. The summed E-state index contributed by atoms with van der Waals surface area (Å²) in [5.74, 6) is 1.68. The average molecular weight is 345 g/mol. The zero-order chi connectivity index (χ0) is 14.4. The molecule has 4 rings (SSSR count). The van der Waals surface area contributed by atoms with Crippen molar-refractivity contribution < 1.29 is 4.52 Å². The van der Waals surface area contributed by atoms with E-state index >= 15 is 0 Å². The lowest BCUT2D eigenvalue weighted by Gasteiger charge is -2.07. The molecule has 2 aromatic heterocycles. The number of rotatable bonds is 3. The number of nitrogen functional groups attached to an aromatic ring is 1. The molecule has 0 radical (unpaired) electrons. The van der Waals surface area contributed by atoms with Crippen molar-refractivity contribution >= 4 is 21.7 Å². The van der Waals surface area contributed by atoms with Crippen molar-refractivity contribution in [2.45, 2.75) is 18.8 Å². The third kappa shape index (κ3) is 2.25. The van der Waals surface area contributed by atoms with Gasteiger partial charge in [-0.25, -0.2) is 4.68 Å². The smallest absolute Gasteiger partial charge is 0.169 e. The number of nitrogens with zero attached hydrogens (tertiary/aromatic N) is 3. The Bertz CT molecular complexity index is 786. The van der Waals surface area contributed by atoms with Gasteiger partial charge in [0.2, 0.25) is 0 Å². The molecule has 0 aliphatic heterocycles. The number of anilines is 1. The Morgan fingerprint density at radius 1 is 1.24 bits per heavy atom. The maximum absolute atomic E-state index is 5.58. The van der Waals surface area contributed by atoms with Crippen molar-refractivity contribution in [1.82, 2.24) is 14.9 Å². The molecule has 1 saturated carbocycles. The van der Waals surface area contributed by atoms with Gasteiger partial charge in [-0.2, -0.15) is 5.10 Å². The molecule has 1 aliphatic rings. The van der Waals surface area contributed by atoms with Gasteiger partial charge in [-0.05, 0) is 53.0 Å². The minimum Gasteiger partial charge on any atom is -0.381 e. The Balaban J connectivity index is 1.71.